The molecule has 0 aliphatic carbocycles. The van der Waals surface area contributed by atoms with E-state index in [-0.39, 0.29) is 25.5 Å². The van der Waals surface area contributed by atoms with E-state index >= 15 is 0 Å². The number of aromatic nitrogens is 3. The summed E-state index contributed by atoms with van der Waals surface area (Å²) >= 11 is 0. The molecule has 0 saturated carbocycles. The first-order chi connectivity index (χ1) is 25.1. The maximum atomic E-state index is 13.8. The van der Waals surface area contributed by atoms with Crippen LogP contribution in [0.4, 0.5) is 15.3 Å². The highest BCUT2D eigenvalue weighted by Gasteiger charge is 2.35. The predicted octanol–water partition coefficient (Wildman–Crippen LogP) is 6.21. The Morgan fingerprint density at radius 3 is 2.46 bits per heavy atom. The summed E-state index contributed by atoms with van der Waals surface area (Å²) in [5, 5.41) is 15.7. The van der Waals surface area contributed by atoms with E-state index < -0.39 is 36.3 Å². The number of nitrogens with one attached hydrogen (secondary N) is 3. The Bertz CT molecular complexity index is 2010. The lowest BCUT2D eigenvalue weighted by Gasteiger charge is -2.37. The molecule has 0 radical (unpaired) electrons. The number of alkyl carbamates (subject to hydrolysis) is 1. The van der Waals surface area contributed by atoms with Gasteiger partial charge in [0.15, 0.2) is 0 Å². The fourth-order valence-corrected chi connectivity index (χ4v) is 6.39. The molecular weight excluding hydrogens is 664 g/mol. The number of aryl methyl sites for hydroxylation is 3. The second-order valence-corrected chi connectivity index (χ2v) is 12.8. The molecule has 0 spiro atoms. The summed E-state index contributed by atoms with van der Waals surface area (Å²) in [5.41, 5.74) is 7.82. The van der Waals surface area contributed by atoms with Crippen molar-refractivity contribution in [2.24, 2.45) is 0 Å². The molecule has 13 heteroatoms. The number of ether oxygens (including phenoxy) is 3. The first kappa shape index (κ1) is 35.9. The lowest BCUT2D eigenvalue weighted by atomic mass is 10.00. The normalized spacial score (nSPS) is 16.3. The van der Waals surface area contributed by atoms with Crippen LogP contribution in [0.15, 0.2) is 79.0 Å². The quantitative estimate of drug-likeness (QED) is 0.125. The van der Waals surface area contributed by atoms with Gasteiger partial charge in [0.05, 0.1) is 44.5 Å². The molecule has 270 valence electrons. The van der Waals surface area contributed by atoms with Gasteiger partial charge in [0.2, 0.25) is 11.8 Å². The van der Waals surface area contributed by atoms with Crippen LogP contribution >= 0.6 is 0 Å². The minimum absolute atomic E-state index is 0.130. The average molecular weight is 707 g/mol. The summed E-state index contributed by atoms with van der Waals surface area (Å²) in [7, 11) is 2.69. The highest BCUT2D eigenvalue weighted by Crippen LogP contribution is 2.31. The number of aromatic amines is 1. The highest BCUT2D eigenvalue weighted by atomic mass is 16.5. The second-order valence-electron chi connectivity index (χ2n) is 12.8. The Hall–Kier alpha value is -5.95. The van der Waals surface area contributed by atoms with Crippen LogP contribution in [0.25, 0.3) is 22.2 Å². The van der Waals surface area contributed by atoms with E-state index in [0.717, 1.165) is 38.9 Å². The number of carbonyl (C=O) groups excluding carboxylic acids is 2. The Kier molecular flexibility index (Phi) is 11.0. The van der Waals surface area contributed by atoms with Crippen molar-refractivity contribution >= 4 is 34.8 Å². The standard InChI is InChI=1S/C39H42N6O7/c1-23-18-30-31(19-24(23)2)42-35(41-30)33-22-52-29(21-45(33)39(48)49)15-14-28-16-17-40-37(50-3)34(28)44-36(46)32(43-38(47)51-4)20-25-10-12-27(13-11-25)26-8-6-5-7-9-26/h5-13,16-19,29,32-33H,14-15,20-22H2,1-4H3,(H,41,42)(H,43,47)(H,44,46)(H,48,49)/t29-,32+,33+/m1/s1. The van der Waals surface area contributed by atoms with Crippen molar-refractivity contribution < 1.29 is 33.7 Å². The highest BCUT2D eigenvalue weighted by molar-refractivity contribution is 5.98. The van der Waals surface area contributed by atoms with E-state index in [2.05, 4.69) is 20.6 Å². The Morgan fingerprint density at radius 2 is 1.75 bits per heavy atom. The van der Waals surface area contributed by atoms with Crippen molar-refractivity contribution in [1.82, 2.24) is 25.2 Å². The molecule has 3 heterocycles. The molecule has 1 aliphatic heterocycles. The average Bonchev–Trinajstić information content (AvgIpc) is 3.56. The van der Waals surface area contributed by atoms with Gasteiger partial charge in [0.1, 0.15) is 23.6 Å². The monoisotopic (exact) mass is 706 g/mol. The Morgan fingerprint density at radius 1 is 1.02 bits per heavy atom. The van der Waals surface area contributed by atoms with Gasteiger partial charge in [0, 0.05) is 12.6 Å². The van der Waals surface area contributed by atoms with Crippen molar-refractivity contribution in [3.8, 4) is 17.0 Å². The molecule has 3 atom stereocenters. The van der Waals surface area contributed by atoms with Gasteiger partial charge in [-0.25, -0.2) is 19.6 Å². The number of pyridine rings is 1. The number of rotatable bonds is 11. The molecule has 6 rings (SSSR count). The molecule has 4 N–H and O–H groups in total. The molecular formula is C39H42N6O7. The third-order valence-corrected chi connectivity index (χ3v) is 9.42. The summed E-state index contributed by atoms with van der Waals surface area (Å²) in [5.74, 6) is 0.240. The number of morpholine rings is 1. The molecule has 52 heavy (non-hydrogen) atoms. The van der Waals surface area contributed by atoms with Gasteiger partial charge in [-0.15, -0.1) is 0 Å². The third kappa shape index (κ3) is 8.16. The molecule has 3 aromatic carbocycles. The number of fused-ring (bicyclic) bond motifs is 1. The first-order valence-electron chi connectivity index (χ1n) is 17.0. The van der Waals surface area contributed by atoms with E-state index in [1.165, 1.54) is 19.1 Å². The zero-order valence-electron chi connectivity index (χ0n) is 29.5. The second kappa shape index (κ2) is 15.9. The Labute approximate surface area is 301 Å². The summed E-state index contributed by atoms with van der Waals surface area (Å²) < 4.78 is 16.5. The van der Waals surface area contributed by atoms with Crippen LogP contribution in [0.2, 0.25) is 0 Å². The van der Waals surface area contributed by atoms with E-state index in [1.54, 1.807) is 12.3 Å². The molecule has 2 aromatic heterocycles. The SMILES string of the molecule is COC(=O)N[C@@H](Cc1ccc(-c2ccccc2)cc1)C(=O)Nc1c(CC[C@@H]2CN(C(=O)O)[C@H](c3nc4cc(C)c(C)cc4[nH]3)CO2)ccnc1OC. The van der Waals surface area contributed by atoms with E-state index in [9.17, 15) is 19.5 Å². The van der Waals surface area contributed by atoms with Gasteiger partial charge in [-0.2, -0.15) is 0 Å². The molecule has 5 aromatic rings. The molecule has 1 saturated heterocycles. The van der Waals surface area contributed by atoms with Crippen LogP contribution in [-0.2, 0) is 27.1 Å². The lowest BCUT2D eigenvalue weighted by Crippen LogP contribution is -2.47. The van der Waals surface area contributed by atoms with Gasteiger partial charge in [-0.1, -0.05) is 54.6 Å². The van der Waals surface area contributed by atoms with E-state index in [1.807, 2.05) is 80.6 Å². The molecule has 3 amide bonds. The van der Waals surface area contributed by atoms with Crippen molar-refractivity contribution in [2.75, 3.05) is 32.7 Å². The van der Waals surface area contributed by atoms with E-state index in [0.29, 0.717) is 29.9 Å². The summed E-state index contributed by atoms with van der Waals surface area (Å²) in [4.78, 5) is 52.2. The van der Waals surface area contributed by atoms with Crippen molar-refractivity contribution in [3.63, 3.8) is 0 Å². The first-order valence-corrected chi connectivity index (χ1v) is 17.0. The molecule has 13 nitrogen and oxygen atoms in total. The zero-order chi connectivity index (χ0) is 36.8. The van der Waals surface area contributed by atoms with Gasteiger partial charge in [-0.05, 0) is 78.3 Å². The van der Waals surface area contributed by atoms with Crippen molar-refractivity contribution in [1.29, 1.82) is 0 Å². The maximum Gasteiger partial charge on any atom is 0.408 e. The number of anilines is 1. The fraction of sp³-hybridized carbons (Fsp3) is 0.308. The molecule has 0 bridgehead atoms. The molecule has 0 unspecified atom stereocenters. The summed E-state index contributed by atoms with van der Waals surface area (Å²) in [6.07, 6.45) is 0.400. The molecule has 1 aliphatic rings. The number of amides is 3. The maximum absolute atomic E-state index is 13.8. The lowest BCUT2D eigenvalue weighted by molar-refractivity contribution is -0.118. The number of hydrogen-bond donors (Lipinski definition) is 4. The summed E-state index contributed by atoms with van der Waals surface area (Å²) in [6.45, 7) is 4.30. The number of benzene rings is 3. The van der Waals surface area contributed by atoms with Crippen LogP contribution in [-0.4, -0.2) is 82.6 Å². The number of imidazole rings is 1. The number of H-pyrrole nitrogens is 1. The number of hydrogen-bond acceptors (Lipinski definition) is 8. The summed E-state index contributed by atoms with van der Waals surface area (Å²) in [6, 6.07) is 21.9. The minimum Gasteiger partial charge on any atom is -0.480 e. The smallest absolute Gasteiger partial charge is 0.408 e. The minimum atomic E-state index is -1.07. The number of methoxy groups -OCH3 is 2. The van der Waals surface area contributed by atoms with Gasteiger partial charge >= 0.3 is 12.2 Å². The zero-order valence-corrected chi connectivity index (χ0v) is 29.5. The predicted molar refractivity (Wildman–Crippen MR) is 195 cm³/mol. The van der Waals surface area contributed by atoms with E-state index in [4.69, 9.17) is 19.2 Å². The van der Waals surface area contributed by atoms with Gasteiger partial charge in [0.25, 0.3) is 0 Å². The largest absolute Gasteiger partial charge is 0.480 e. The molecule has 1 fully saturated rings. The number of nitrogens with zero attached hydrogens (tertiary/aromatic N) is 3. The van der Waals surface area contributed by atoms with Gasteiger partial charge < -0.3 is 34.9 Å². The van der Waals surface area contributed by atoms with Crippen LogP contribution in [0.1, 0.15) is 40.5 Å². The van der Waals surface area contributed by atoms with Crippen molar-refractivity contribution in [3.05, 3.63) is 107 Å². The fourth-order valence-electron chi connectivity index (χ4n) is 6.39. The van der Waals surface area contributed by atoms with Gasteiger partial charge in [-0.3, -0.25) is 9.69 Å². The van der Waals surface area contributed by atoms with Crippen LogP contribution in [0, 0.1) is 13.8 Å². The topological polar surface area (TPSA) is 168 Å². The van der Waals surface area contributed by atoms with Crippen LogP contribution in [0.5, 0.6) is 5.88 Å². The third-order valence-electron chi connectivity index (χ3n) is 9.42. The number of carboxylic acid groups (broad SMARTS) is 1. The number of carbonyl (C=O) groups is 3. The van der Waals surface area contributed by atoms with Crippen LogP contribution < -0.4 is 15.4 Å². The van der Waals surface area contributed by atoms with Crippen LogP contribution in [0.3, 0.4) is 0 Å². The van der Waals surface area contributed by atoms with Crippen molar-refractivity contribution in [2.45, 2.75) is 51.3 Å². The Balaban J connectivity index is 1.15.